The second kappa shape index (κ2) is 6.83. The summed E-state index contributed by atoms with van der Waals surface area (Å²) in [7, 11) is 0. The van der Waals surface area contributed by atoms with Gasteiger partial charge in [-0.1, -0.05) is 40.2 Å². The maximum Gasteiger partial charge on any atom is 0.269 e. The Bertz CT molecular complexity index is 628. The van der Waals surface area contributed by atoms with Crippen LogP contribution in [0.25, 0.3) is 0 Å². The molecule has 0 saturated heterocycles. The minimum absolute atomic E-state index is 0.111. The predicted octanol–water partition coefficient (Wildman–Crippen LogP) is 4.77. The van der Waals surface area contributed by atoms with E-state index in [-0.39, 0.29) is 22.7 Å². The van der Waals surface area contributed by atoms with Gasteiger partial charge >= 0.3 is 0 Å². The number of nitrogens with one attached hydrogen (secondary N) is 1. The fourth-order valence-corrected chi connectivity index (χ4v) is 2.65. The normalized spacial score (nSPS) is 13.7. The minimum Gasteiger partial charge on any atom is -0.304 e. The Morgan fingerprint density at radius 1 is 1.05 bits per heavy atom. The second-order valence-corrected chi connectivity index (χ2v) is 5.93. The summed E-state index contributed by atoms with van der Waals surface area (Å²) in [4.78, 5) is 10.3. The number of nitro benzene ring substituents is 1. The van der Waals surface area contributed by atoms with Gasteiger partial charge in [0.05, 0.1) is 4.92 Å². The molecule has 0 aliphatic rings. The Morgan fingerprint density at radius 2 is 1.67 bits per heavy atom. The van der Waals surface area contributed by atoms with Gasteiger partial charge in [0.1, 0.15) is 0 Å². The maximum atomic E-state index is 10.7. The molecule has 0 heterocycles. The van der Waals surface area contributed by atoms with Crippen LogP contribution >= 0.6 is 15.9 Å². The fraction of sp³-hybridized carbons (Fsp3) is 0.250. The number of hydrogen-bond acceptors (Lipinski definition) is 3. The molecule has 110 valence electrons. The van der Waals surface area contributed by atoms with Crippen molar-refractivity contribution in [3.63, 3.8) is 0 Å². The van der Waals surface area contributed by atoms with Gasteiger partial charge in [-0.2, -0.15) is 0 Å². The molecule has 0 aliphatic carbocycles. The summed E-state index contributed by atoms with van der Waals surface area (Å²) in [5.41, 5.74) is 2.34. The Labute approximate surface area is 132 Å². The molecule has 5 heteroatoms. The number of hydrogen-bond donors (Lipinski definition) is 1. The summed E-state index contributed by atoms with van der Waals surface area (Å²) in [5, 5.41) is 14.2. The molecular weight excluding hydrogens is 332 g/mol. The zero-order chi connectivity index (χ0) is 15.4. The predicted molar refractivity (Wildman–Crippen MR) is 87.2 cm³/mol. The van der Waals surface area contributed by atoms with E-state index < -0.39 is 0 Å². The van der Waals surface area contributed by atoms with E-state index in [1.807, 2.05) is 12.1 Å². The van der Waals surface area contributed by atoms with Gasteiger partial charge in [0.2, 0.25) is 0 Å². The molecule has 2 aromatic carbocycles. The molecule has 0 radical (unpaired) electrons. The molecule has 4 nitrogen and oxygen atoms in total. The number of rotatable bonds is 5. The van der Waals surface area contributed by atoms with Crippen molar-refractivity contribution in [2.75, 3.05) is 0 Å². The van der Waals surface area contributed by atoms with Crippen LogP contribution in [0.4, 0.5) is 5.69 Å². The molecule has 0 fully saturated rings. The molecule has 1 unspecified atom stereocenters. The minimum atomic E-state index is -0.383. The molecule has 2 aromatic rings. The quantitative estimate of drug-likeness (QED) is 0.625. The van der Waals surface area contributed by atoms with Crippen molar-refractivity contribution in [2.24, 2.45) is 0 Å². The molecule has 0 spiro atoms. The van der Waals surface area contributed by atoms with Crippen LogP contribution in [0.5, 0.6) is 0 Å². The van der Waals surface area contributed by atoms with Crippen LogP contribution in [0.15, 0.2) is 53.0 Å². The molecule has 21 heavy (non-hydrogen) atoms. The molecule has 0 bridgehead atoms. The van der Waals surface area contributed by atoms with Crippen molar-refractivity contribution in [3.05, 3.63) is 74.2 Å². The van der Waals surface area contributed by atoms with Crippen LogP contribution in [-0.2, 0) is 0 Å². The lowest BCUT2D eigenvalue weighted by Gasteiger charge is -2.21. The van der Waals surface area contributed by atoms with Gasteiger partial charge in [0.25, 0.3) is 5.69 Å². The van der Waals surface area contributed by atoms with Gasteiger partial charge in [-0.05, 0) is 37.1 Å². The van der Waals surface area contributed by atoms with Crippen molar-refractivity contribution in [2.45, 2.75) is 25.9 Å². The number of non-ortho nitro benzene ring substituents is 1. The largest absolute Gasteiger partial charge is 0.304 e. The molecule has 1 N–H and O–H groups in total. The Balaban J connectivity index is 2.06. The van der Waals surface area contributed by atoms with E-state index in [0.717, 1.165) is 10.0 Å². The number of halogens is 1. The van der Waals surface area contributed by atoms with Crippen LogP contribution in [0.2, 0.25) is 0 Å². The molecule has 0 aromatic heterocycles. The lowest BCUT2D eigenvalue weighted by Crippen LogP contribution is -2.22. The van der Waals surface area contributed by atoms with Gasteiger partial charge in [-0.3, -0.25) is 10.1 Å². The highest BCUT2D eigenvalue weighted by Gasteiger charge is 2.12. The average molecular weight is 349 g/mol. The van der Waals surface area contributed by atoms with Crippen LogP contribution < -0.4 is 5.32 Å². The first kappa shape index (κ1) is 15.7. The van der Waals surface area contributed by atoms with Crippen LogP contribution in [-0.4, -0.2) is 4.92 Å². The first-order valence-corrected chi connectivity index (χ1v) is 7.52. The standard InChI is InChI=1S/C16H17BrN2O2/c1-11(13-6-8-16(9-7-13)19(20)21)18-12(2)14-4-3-5-15(17)10-14/h3-12,18H,1-2H3/t11?,12-/m1/s1. The van der Waals surface area contributed by atoms with Gasteiger partial charge in [-0.25, -0.2) is 0 Å². The van der Waals surface area contributed by atoms with Crippen LogP contribution in [0, 0.1) is 10.1 Å². The highest BCUT2D eigenvalue weighted by atomic mass is 79.9. The average Bonchev–Trinajstić information content (AvgIpc) is 2.47. The lowest BCUT2D eigenvalue weighted by atomic mass is 10.0. The molecule has 0 amide bonds. The molecule has 0 saturated carbocycles. The fourth-order valence-electron chi connectivity index (χ4n) is 2.23. The summed E-state index contributed by atoms with van der Waals surface area (Å²) < 4.78 is 1.05. The van der Waals surface area contributed by atoms with Crippen molar-refractivity contribution < 1.29 is 4.92 Å². The first-order valence-electron chi connectivity index (χ1n) is 6.73. The van der Waals surface area contributed by atoms with Gasteiger partial charge in [0.15, 0.2) is 0 Å². The third-order valence-electron chi connectivity index (χ3n) is 3.45. The lowest BCUT2D eigenvalue weighted by molar-refractivity contribution is -0.384. The van der Waals surface area contributed by atoms with E-state index in [4.69, 9.17) is 0 Å². The molecule has 2 rings (SSSR count). The smallest absolute Gasteiger partial charge is 0.269 e. The van der Waals surface area contributed by atoms with E-state index in [0.29, 0.717) is 0 Å². The van der Waals surface area contributed by atoms with Crippen molar-refractivity contribution in [1.29, 1.82) is 0 Å². The summed E-state index contributed by atoms with van der Waals surface area (Å²) in [6.07, 6.45) is 0. The van der Waals surface area contributed by atoms with E-state index in [1.54, 1.807) is 12.1 Å². The summed E-state index contributed by atoms with van der Waals surface area (Å²) >= 11 is 3.47. The summed E-state index contributed by atoms with van der Waals surface area (Å²) in [6, 6.07) is 15.1. The van der Waals surface area contributed by atoms with Gasteiger partial charge in [-0.15, -0.1) is 0 Å². The number of benzene rings is 2. The van der Waals surface area contributed by atoms with E-state index in [2.05, 4.69) is 47.2 Å². The Hall–Kier alpha value is -1.72. The van der Waals surface area contributed by atoms with Crippen molar-refractivity contribution in [3.8, 4) is 0 Å². The van der Waals surface area contributed by atoms with Crippen LogP contribution in [0.1, 0.15) is 37.1 Å². The Kier molecular flexibility index (Phi) is 5.09. The highest BCUT2D eigenvalue weighted by Crippen LogP contribution is 2.23. The van der Waals surface area contributed by atoms with E-state index in [9.17, 15) is 10.1 Å². The second-order valence-electron chi connectivity index (χ2n) is 5.01. The van der Waals surface area contributed by atoms with E-state index in [1.165, 1.54) is 17.7 Å². The summed E-state index contributed by atoms with van der Waals surface area (Å²) in [6.45, 7) is 4.15. The van der Waals surface area contributed by atoms with Crippen molar-refractivity contribution >= 4 is 21.6 Å². The molecule has 2 atom stereocenters. The third kappa shape index (κ3) is 4.12. The molecular formula is C16H17BrN2O2. The third-order valence-corrected chi connectivity index (χ3v) is 3.95. The topological polar surface area (TPSA) is 55.2 Å². The number of nitrogens with zero attached hydrogens (tertiary/aromatic N) is 1. The van der Waals surface area contributed by atoms with Gasteiger partial charge < -0.3 is 5.32 Å². The van der Waals surface area contributed by atoms with E-state index >= 15 is 0 Å². The highest BCUT2D eigenvalue weighted by molar-refractivity contribution is 9.10. The number of nitro groups is 1. The monoisotopic (exact) mass is 348 g/mol. The van der Waals surface area contributed by atoms with Gasteiger partial charge in [0, 0.05) is 28.7 Å². The first-order chi connectivity index (χ1) is 9.97. The van der Waals surface area contributed by atoms with Crippen LogP contribution in [0.3, 0.4) is 0 Å². The SMILES string of the molecule is CC(N[C@H](C)c1cccc(Br)c1)c1ccc([N+](=O)[O-])cc1. The zero-order valence-electron chi connectivity index (χ0n) is 11.9. The summed E-state index contributed by atoms with van der Waals surface area (Å²) in [5.74, 6) is 0. The zero-order valence-corrected chi connectivity index (χ0v) is 13.5. The van der Waals surface area contributed by atoms with Crippen molar-refractivity contribution in [1.82, 2.24) is 5.32 Å². The Morgan fingerprint density at radius 3 is 2.24 bits per heavy atom. The maximum absolute atomic E-state index is 10.7. The molecule has 0 aliphatic heterocycles.